The Bertz CT molecular complexity index is 699. The maximum Gasteiger partial charge on any atom is 0.186 e. The van der Waals surface area contributed by atoms with Crippen molar-refractivity contribution in [1.29, 1.82) is 5.26 Å². The molecule has 3 rings (SSSR count). The van der Waals surface area contributed by atoms with Crippen molar-refractivity contribution in [1.82, 2.24) is 10.2 Å². The molecule has 21 heavy (non-hydrogen) atoms. The largest absolute Gasteiger partial charge is 0.379 e. The third-order valence-corrected chi connectivity index (χ3v) is 4.60. The van der Waals surface area contributed by atoms with Gasteiger partial charge in [-0.1, -0.05) is 44.9 Å². The summed E-state index contributed by atoms with van der Waals surface area (Å²) in [4.78, 5) is 0. The van der Waals surface area contributed by atoms with E-state index in [-0.39, 0.29) is 5.41 Å². The highest BCUT2D eigenvalue weighted by Gasteiger charge is 2.33. The van der Waals surface area contributed by atoms with Crippen molar-refractivity contribution in [3.63, 3.8) is 0 Å². The molecule has 1 saturated carbocycles. The van der Waals surface area contributed by atoms with Gasteiger partial charge >= 0.3 is 0 Å². The van der Waals surface area contributed by atoms with Crippen molar-refractivity contribution in [2.24, 2.45) is 5.41 Å². The number of hydrogen-bond donors (Lipinski definition) is 1. The van der Waals surface area contributed by atoms with Gasteiger partial charge in [-0.15, -0.1) is 10.2 Å². The van der Waals surface area contributed by atoms with Gasteiger partial charge in [0.2, 0.25) is 0 Å². The Labute approximate surface area is 125 Å². The van der Waals surface area contributed by atoms with E-state index in [1.165, 1.54) is 19.3 Å². The van der Waals surface area contributed by atoms with Crippen LogP contribution < -0.4 is 5.32 Å². The van der Waals surface area contributed by atoms with E-state index in [9.17, 15) is 5.26 Å². The van der Waals surface area contributed by atoms with E-state index >= 15 is 0 Å². The van der Waals surface area contributed by atoms with Crippen LogP contribution in [0.4, 0.5) is 5.69 Å². The molecule has 0 saturated heterocycles. The van der Waals surface area contributed by atoms with Gasteiger partial charge in [0.05, 0.1) is 11.2 Å². The molecule has 0 bridgehead atoms. The van der Waals surface area contributed by atoms with E-state index in [1.807, 2.05) is 24.3 Å². The predicted molar refractivity (Wildman–Crippen MR) is 83.9 cm³/mol. The first-order valence-corrected chi connectivity index (χ1v) is 7.54. The lowest BCUT2D eigenvalue weighted by molar-refractivity contribution is 0.217. The Balaban J connectivity index is 2.05. The maximum atomic E-state index is 9.34. The normalized spacial score (nSPS) is 20.9. The molecule has 4 heteroatoms. The Morgan fingerprint density at radius 1 is 1.24 bits per heavy atom. The standard InChI is InChI=1S/C17H20N4/c1-17(2)10-6-5-9-15(17)19-16-12-7-3-4-8-13(12)20-21-14(16)11-18/h3-4,7-8,15H,5-6,9-10H2,1-2H3,(H,19,20). The van der Waals surface area contributed by atoms with Gasteiger partial charge < -0.3 is 5.32 Å². The zero-order valence-corrected chi connectivity index (χ0v) is 12.6. The lowest BCUT2D eigenvalue weighted by Gasteiger charge is -2.39. The second kappa shape index (κ2) is 5.33. The van der Waals surface area contributed by atoms with Gasteiger partial charge in [0.1, 0.15) is 6.07 Å². The van der Waals surface area contributed by atoms with E-state index in [4.69, 9.17) is 0 Å². The van der Waals surface area contributed by atoms with E-state index in [0.29, 0.717) is 11.7 Å². The molecule has 1 aliphatic carbocycles. The van der Waals surface area contributed by atoms with Gasteiger partial charge in [0.25, 0.3) is 0 Å². The summed E-state index contributed by atoms with van der Waals surface area (Å²) in [6, 6.07) is 10.4. The summed E-state index contributed by atoms with van der Waals surface area (Å²) < 4.78 is 0. The molecule has 2 aromatic rings. The number of nitrogens with zero attached hydrogens (tertiary/aromatic N) is 3. The number of fused-ring (bicyclic) bond motifs is 1. The number of nitrogens with one attached hydrogen (secondary N) is 1. The summed E-state index contributed by atoms with van der Waals surface area (Å²) in [6.45, 7) is 4.60. The summed E-state index contributed by atoms with van der Waals surface area (Å²) in [5, 5.41) is 22.1. The molecule has 1 atom stereocenters. The molecule has 4 nitrogen and oxygen atoms in total. The molecule has 1 heterocycles. The van der Waals surface area contributed by atoms with Gasteiger partial charge in [-0.05, 0) is 24.3 Å². The van der Waals surface area contributed by atoms with Crippen LogP contribution in [0.15, 0.2) is 24.3 Å². The van der Waals surface area contributed by atoms with Crippen LogP contribution in [0.2, 0.25) is 0 Å². The molecule has 0 aliphatic heterocycles. The van der Waals surface area contributed by atoms with Crippen LogP contribution in [0.1, 0.15) is 45.2 Å². The third kappa shape index (κ3) is 2.56. The van der Waals surface area contributed by atoms with E-state index in [1.54, 1.807) is 0 Å². The smallest absolute Gasteiger partial charge is 0.186 e. The lowest BCUT2D eigenvalue weighted by atomic mass is 9.73. The molecule has 1 fully saturated rings. The highest BCUT2D eigenvalue weighted by Crippen LogP contribution is 2.38. The first-order chi connectivity index (χ1) is 10.1. The Kier molecular flexibility index (Phi) is 3.50. The number of anilines is 1. The van der Waals surface area contributed by atoms with Crippen LogP contribution in [0.5, 0.6) is 0 Å². The van der Waals surface area contributed by atoms with Crippen LogP contribution in [-0.4, -0.2) is 16.2 Å². The molecular weight excluding hydrogens is 260 g/mol. The van der Waals surface area contributed by atoms with Crippen LogP contribution in [-0.2, 0) is 0 Å². The van der Waals surface area contributed by atoms with Crippen LogP contribution >= 0.6 is 0 Å². The Hall–Kier alpha value is -2.15. The molecule has 0 radical (unpaired) electrons. The van der Waals surface area contributed by atoms with Crippen molar-refractivity contribution in [3.05, 3.63) is 30.0 Å². The summed E-state index contributed by atoms with van der Waals surface area (Å²) >= 11 is 0. The van der Waals surface area contributed by atoms with E-state index in [2.05, 4.69) is 35.4 Å². The van der Waals surface area contributed by atoms with Crippen LogP contribution in [0.3, 0.4) is 0 Å². The predicted octanol–water partition coefficient (Wildman–Crippen LogP) is 3.88. The van der Waals surface area contributed by atoms with Gasteiger partial charge in [0, 0.05) is 11.4 Å². The minimum absolute atomic E-state index is 0.231. The average Bonchev–Trinajstić information content (AvgIpc) is 2.49. The summed E-state index contributed by atoms with van der Waals surface area (Å²) in [5.41, 5.74) is 2.28. The Morgan fingerprint density at radius 3 is 2.81 bits per heavy atom. The monoisotopic (exact) mass is 280 g/mol. The van der Waals surface area contributed by atoms with Crippen molar-refractivity contribution < 1.29 is 0 Å². The SMILES string of the molecule is CC1(C)CCCCC1Nc1c(C#N)nnc2ccccc12. The van der Waals surface area contributed by atoms with E-state index in [0.717, 1.165) is 23.0 Å². The third-order valence-electron chi connectivity index (χ3n) is 4.60. The number of aromatic nitrogens is 2. The van der Waals surface area contributed by atoms with Gasteiger partial charge in [0.15, 0.2) is 5.69 Å². The topological polar surface area (TPSA) is 61.6 Å². The summed E-state index contributed by atoms with van der Waals surface area (Å²) in [7, 11) is 0. The van der Waals surface area contributed by atoms with Crippen molar-refractivity contribution in [3.8, 4) is 6.07 Å². The summed E-state index contributed by atoms with van der Waals surface area (Å²) in [5.74, 6) is 0. The van der Waals surface area contributed by atoms with Gasteiger partial charge in [-0.25, -0.2) is 0 Å². The molecule has 1 aliphatic rings. The molecule has 1 aromatic heterocycles. The molecule has 1 aromatic carbocycles. The lowest BCUT2D eigenvalue weighted by Crippen LogP contribution is -2.39. The zero-order valence-electron chi connectivity index (χ0n) is 12.6. The minimum Gasteiger partial charge on any atom is -0.379 e. The first-order valence-electron chi connectivity index (χ1n) is 7.54. The molecule has 108 valence electrons. The highest BCUT2D eigenvalue weighted by molar-refractivity contribution is 5.92. The minimum atomic E-state index is 0.231. The van der Waals surface area contributed by atoms with Crippen molar-refractivity contribution in [2.45, 2.75) is 45.6 Å². The maximum absolute atomic E-state index is 9.34. The van der Waals surface area contributed by atoms with Gasteiger partial charge in [-0.3, -0.25) is 0 Å². The van der Waals surface area contributed by atoms with E-state index < -0.39 is 0 Å². The van der Waals surface area contributed by atoms with Crippen LogP contribution in [0, 0.1) is 16.7 Å². The zero-order chi connectivity index (χ0) is 14.9. The summed E-state index contributed by atoms with van der Waals surface area (Å²) in [6.07, 6.45) is 4.86. The van der Waals surface area contributed by atoms with Crippen LogP contribution in [0.25, 0.3) is 10.9 Å². The fourth-order valence-corrected chi connectivity index (χ4v) is 3.21. The van der Waals surface area contributed by atoms with Gasteiger partial charge in [-0.2, -0.15) is 5.26 Å². The molecule has 1 unspecified atom stereocenters. The van der Waals surface area contributed by atoms with Crippen molar-refractivity contribution in [2.75, 3.05) is 5.32 Å². The fourth-order valence-electron chi connectivity index (χ4n) is 3.21. The highest BCUT2D eigenvalue weighted by atomic mass is 15.1. The quantitative estimate of drug-likeness (QED) is 0.906. The molecular formula is C17H20N4. The van der Waals surface area contributed by atoms with Crippen molar-refractivity contribution >= 4 is 16.6 Å². The second-order valence-electron chi connectivity index (χ2n) is 6.48. The molecule has 0 amide bonds. The average molecular weight is 280 g/mol. The number of rotatable bonds is 2. The molecule has 1 N–H and O–H groups in total. The number of hydrogen-bond acceptors (Lipinski definition) is 4. The first kappa shape index (κ1) is 13.8. The Morgan fingerprint density at radius 2 is 2.05 bits per heavy atom. The fraction of sp³-hybridized carbons (Fsp3) is 0.471. The number of nitriles is 1. The molecule has 0 spiro atoms. The second-order valence-corrected chi connectivity index (χ2v) is 6.48. The number of benzene rings is 1.